The van der Waals surface area contributed by atoms with Gasteiger partial charge in [-0.15, -0.1) is 0 Å². The molecule has 0 bridgehead atoms. The summed E-state index contributed by atoms with van der Waals surface area (Å²) >= 11 is 3.57. The molecular formula is C10H12BrN. The Labute approximate surface area is 81.3 Å². The second-order valence-corrected chi connectivity index (χ2v) is 4.17. The fourth-order valence-electron chi connectivity index (χ4n) is 1.48. The Morgan fingerprint density at radius 2 is 2.25 bits per heavy atom. The molecule has 1 aliphatic rings. The van der Waals surface area contributed by atoms with Crippen LogP contribution in [0.3, 0.4) is 0 Å². The van der Waals surface area contributed by atoms with Crippen LogP contribution in [0.1, 0.15) is 23.6 Å². The van der Waals surface area contributed by atoms with Crippen LogP contribution in [0.4, 0.5) is 0 Å². The first-order chi connectivity index (χ1) is 5.77. The maximum absolute atomic E-state index is 3.57. The number of aryl methyl sites for hydroxylation is 1. The minimum atomic E-state index is 0.583. The van der Waals surface area contributed by atoms with E-state index in [1.807, 2.05) is 0 Å². The van der Waals surface area contributed by atoms with E-state index in [0.717, 1.165) is 6.54 Å². The van der Waals surface area contributed by atoms with Crippen LogP contribution in [-0.2, 0) is 0 Å². The largest absolute Gasteiger partial charge is 0.310 e. The fourth-order valence-corrected chi connectivity index (χ4v) is 2.01. The Kier molecular flexibility index (Phi) is 2.20. The Morgan fingerprint density at radius 3 is 2.83 bits per heavy atom. The molecule has 1 saturated heterocycles. The van der Waals surface area contributed by atoms with Crippen LogP contribution in [0.5, 0.6) is 0 Å². The molecule has 1 heterocycles. The van der Waals surface area contributed by atoms with Gasteiger partial charge in [-0.3, -0.25) is 0 Å². The average Bonchev–Trinajstić information content (AvgIpc) is 1.93. The van der Waals surface area contributed by atoms with Crippen molar-refractivity contribution in [1.82, 2.24) is 5.32 Å². The SMILES string of the molecule is Cc1ccc(Br)c(C2CCN2)c1. The first kappa shape index (κ1) is 8.27. The van der Waals surface area contributed by atoms with Gasteiger partial charge in [0.25, 0.3) is 0 Å². The summed E-state index contributed by atoms with van der Waals surface area (Å²) in [7, 11) is 0. The molecule has 1 aliphatic heterocycles. The summed E-state index contributed by atoms with van der Waals surface area (Å²) in [6.07, 6.45) is 1.27. The van der Waals surface area contributed by atoms with Gasteiger partial charge in [-0.2, -0.15) is 0 Å². The molecule has 0 aromatic heterocycles. The number of halogens is 1. The molecule has 2 heteroatoms. The van der Waals surface area contributed by atoms with Crippen LogP contribution >= 0.6 is 15.9 Å². The van der Waals surface area contributed by atoms with E-state index in [0.29, 0.717) is 6.04 Å². The summed E-state index contributed by atoms with van der Waals surface area (Å²) < 4.78 is 1.23. The lowest BCUT2D eigenvalue weighted by atomic mass is 9.97. The molecule has 0 aliphatic carbocycles. The molecule has 1 N–H and O–H groups in total. The quantitative estimate of drug-likeness (QED) is 0.776. The van der Waals surface area contributed by atoms with Crippen molar-refractivity contribution in [2.45, 2.75) is 19.4 Å². The van der Waals surface area contributed by atoms with E-state index < -0.39 is 0 Å². The number of benzene rings is 1. The highest BCUT2D eigenvalue weighted by molar-refractivity contribution is 9.10. The molecule has 1 aromatic carbocycles. The van der Waals surface area contributed by atoms with Gasteiger partial charge in [-0.05, 0) is 31.5 Å². The molecule has 0 saturated carbocycles. The standard InChI is InChI=1S/C10H12BrN/c1-7-2-3-9(11)8(6-7)10-4-5-12-10/h2-3,6,10,12H,4-5H2,1H3. The fraction of sp³-hybridized carbons (Fsp3) is 0.400. The first-order valence-corrected chi connectivity index (χ1v) is 5.06. The van der Waals surface area contributed by atoms with Crippen molar-refractivity contribution in [3.05, 3.63) is 33.8 Å². The van der Waals surface area contributed by atoms with E-state index >= 15 is 0 Å². The molecule has 1 unspecified atom stereocenters. The Morgan fingerprint density at radius 1 is 1.50 bits per heavy atom. The predicted octanol–water partition coefficient (Wildman–Crippen LogP) is 2.79. The second kappa shape index (κ2) is 3.19. The lowest BCUT2D eigenvalue weighted by Crippen LogP contribution is -2.35. The van der Waals surface area contributed by atoms with Gasteiger partial charge in [0.05, 0.1) is 0 Å². The van der Waals surface area contributed by atoms with Crippen LogP contribution < -0.4 is 5.32 Å². The van der Waals surface area contributed by atoms with Gasteiger partial charge < -0.3 is 5.32 Å². The monoisotopic (exact) mass is 225 g/mol. The normalized spacial score (nSPS) is 22.0. The molecule has 0 spiro atoms. The van der Waals surface area contributed by atoms with Crippen molar-refractivity contribution in [1.29, 1.82) is 0 Å². The number of hydrogen-bond acceptors (Lipinski definition) is 1. The zero-order valence-corrected chi connectivity index (χ0v) is 8.69. The highest BCUT2D eigenvalue weighted by Gasteiger charge is 2.20. The summed E-state index contributed by atoms with van der Waals surface area (Å²) in [5, 5.41) is 3.40. The molecule has 2 rings (SSSR count). The number of nitrogens with one attached hydrogen (secondary N) is 1. The minimum absolute atomic E-state index is 0.583. The summed E-state index contributed by atoms with van der Waals surface area (Å²) in [6.45, 7) is 3.29. The number of hydrogen-bond donors (Lipinski definition) is 1. The number of rotatable bonds is 1. The molecule has 1 atom stereocenters. The third kappa shape index (κ3) is 1.41. The summed E-state index contributed by atoms with van der Waals surface area (Å²) in [6, 6.07) is 7.09. The van der Waals surface area contributed by atoms with Crippen LogP contribution in [0.15, 0.2) is 22.7 Å². The van der Waals surface area contributed by atoms with Crippen LogP contribution in [0.25, 0.3) is 0 Å². The van der Waals surface area contributed by atoms with Crippen molar-refractivity contribution in [3.63, 3.8) is 0 Å². The Hall–Kier alpha value is -0.340. The van der Waals surface area contributed by atoms with Crippen molar-refractivity contribution in [2.75, 3.05) is 6.54 Å². The smallest absolute Gasteiger partial charge is 0.0343 e. The summed E-state index contributed by atoms with van der Waals surface area (Å²) in [5.74, 6) is 0. The van der Waals surface area contributed by atoms with Gasteiger partial charge in [-0.1, -0.05) is 33.6 Å². The Bertz CT molecular complexity index is 292. The van der Waals surface area contributed by atoms with E-state index in [9.17, 15) is 0 Å². The topological polar surface area (TPSA) is 12.0 Å². The molecule has 1 aromatic rings. The molecular weight excluding hydrogens is 214 g/mol. The van der Waals surface area contributed by atoms with Crippen molar-refractivity contribution >= 4 is 15.9 Å². The van der Waals surface area contributed by atoms with Crippen molar-refractivity contribution in [2.24, 2.45) is 0 Å². The zero-order valence-electron chi connectivity index (χ0n) is 7.10. The summed E-state index contributed by atoms with van der Waals surface area (Å²) in [5.41, 5.74) is 2.74. The molecule has 0 amide bonds. The van der Waals surface area contributed by atoms with Crippen LogP contribution in [-0.4, -0.2) is 6.54 Å². The minimum Gasteiger partial charge on any atom is -0.310 e. The highest BCUT2D eigenvalue weighted by Crippen LogP contribution is 2.29. The molecule has 12 heavy (non-hydrogen) atoms. The van der Waals surface area contributed by atoms with Crippen LogP contribution in [0, 0.1) is 6.92 Å². The van der Waals surface area contributed by atoms with Gasteiger partial charge in [0.15, 0.2) is 0 Å². The van der Waals surface area contributed by atoms with Gasteiger partial charge in [0, 0.05) is 10.5 Å². The first-order valence-electron chi connectivity index (χ1n) is 4.27. The highest BCUT2D eigenvalue weighted by atomic mass is 79.9. The van der Waals surface area contributed by atoms with E-state index in [1.54, 1.807) is 0 Å². The average molecular weight is 226 g/mol. The van der Waals surface area contributed by atoms with Crippen LogP contribution in [0.2, 0.25) is 0 Å². The molecule has 64 valence electrons. The Balaban J connectivity index is 2.34. The van der Waals surface area contributed by atoms with E-state index in [2.05, 4.69) is 46.4 Å². The van der Waals surface area contributed by atoms with Gasteiger partial charge in [0.2, 0.25) is 0 Å². The lowest BCUT2D eigenvalue weighted by Gasteiger charge is -2.29. The zero-order chi connectivity index (χ0) is 8.55. The maximum Gasteiger partial charge on any atom is 0.0343 e. The van der Waals surface area contributed by atoms with Gasteiger partial charge in [-0.25, -0.2) is 0 Å². The third-order valence-electron chi connectivity index (χ3n) is 2.35. The third-order valence-corrected chi connectivity index (χ3v) is 3.07. The van der Waals surface area contributed by atoms with Crippen molar-refractivity contribution in [3.8, 4) is 0 Å². The summed E-state index contributed by atoms with van der Waals surface area (Å²) in [4.78, 5) is 0. The maximum atomic E-state index is 3.57. The van der Waals surface area contributed by atoms with E-state index in [-0.39, 0.29) is 0 Å². The van der Waals surface area contributed by atoms with Gasteiger partial charge >= 0.3 is 0 Å². The second-order valence-electron chi connectivity index (χ2n) is 3.32. The van der Waals surface area contributed by atoms with Gasteiger partial charge in [0.1, 0.15) is 0 Å². The molecule has 0 radical (unpaired) electrons. The lowest BCUT2D eigenvalue weighted by molar-refractivity contribution is 0.382. The van der Waals surface area contributed by atoms with E-state index in [4.69, 9.17) is 0 Å². The predicted molar refractivity (Wildman–Crippen MR) is 54.2 cm³/mol. The van der Waals surface area contributed by atoms with E-state index in [1.165, 1.54) is 22.0 Å². The van der Waals surface area contributed by atoms with Crippen molar-refractivity contribution < 1.29 is 0 Å². The molecule has 1 fully saturated rings. The molecule has 1 nitrogen and oxygen atoms in total.